The summed E-state index contributed by atoms with van der Waals surface area (Å²) >= 11 is 0. The number of halogens is 1. The minimum atomic E-state index is -0.808. The molecule has 1 heterocycles. The highest BCUT2D eigenvalue weighted by atomic mass is 19.1. The quantitative estimate of drug-likeness (QED) is 0.572. The first-order chi connectivity index (χ1) is 5.68. The molecule has 2 heteroatoms. The van der Waals surface area contributed by atoms with Crippen LogP contribution in [0.3, 0.4) is 0 Å². The van der Waals surface area contributed by atoms with Crippen molar-refractivity contribution in [3.05, 3.63) is 11.6 Å². The Kier molecular flexibility index (Phi) is 1.95. The van der Waals surface area contributed by atoms with Crippen LogP contribution in [-0.2, 0) is 0 Å². The van der Waals surface area contributed by atoms with E-state index in [-0.39, 0.29) is 0 Å². The van der Waals surface area contributed by atoms with E-state index in [1.165, 1.54) is 5.57 Å². The molecule has 1 saturated carbocycles. The van der Waals surface area contributed by atoms with Crippen LogP contribution in [0.15, 0.2) is 11.6 Å². The Bertz CT molecular complexity index is 206. The predicted octanol–water partition coefficient (Wildman–Crippen LogP) is 2.14. The minimum Gasteiger partial charge on any atom is -0.296 e. The lowest BCUT2D eigenvalue weighted by atomic mass is 10.1. The molecule has 0 aromatic rings. The van der Waals surface area contributed by atoms with Crippen molar-refractivity contribution in [3.63, 3.8) is 0 Å². The van der Waals surface area contributed by atoms with E-state index >= 15 is 0 Å². The van der Waals surface area contributed by atoms with Gasteiger partial charge in [0.1, 0.15) is 5.67 Å². The third-order valence-corrected chi connectivity index (χ3v) is 2.71. The Balaban J connectivity index is 1.85. The molecule has 0 radical (unpaired) electrons. The summed E-state index contributed by atoms with van der Waals surface area (Å²) in [4.78, 5) is 2.24. The maximum absolute atomic E-state index is 13.4. The van der Waals surface area contributed by atoms with Crippen molar-refractivity contribution in [3.8, 4) is 0 Å². The lowest BCUT2D eigenvalue weighted by Crippen LogP contribution is -2.35. The molecule has 2 aliphatic rings. The molecule has 68 valence electrons. The number of hydrogen-bond donors (Lipinski definition) is 0. The van der Waals surface area contributed by atoms with E-state index < -0.39 is 5.67 Å². The molecule has 0 aromatic carbocycles. The summed E-state index contributed by atoms with van der Waals surface area (Å²) in [5, 5.41) is 0. The van der Waals surface area contributed by atoms with Gasteiger partial charge in [0.25, 0.3) is 0 Å². The summed E-state index contributed by atoms with van der Waals surface area (Å²) in [6.45, 7) is 4.82. The van der Waals surface area contributed by atoms with Crippen LogP contribution in [0.1, 0.15) is 26.2 Å². The highest BCUT2D eigenvalue weighted by molar-refractivity contribution is 5.07. The summed E-state index contributed by atoms with van der Waals surface area (Å²) < 4.78 is 13.4. The molecule has 0 bridgehead atoms. The summed E-state index contributed by atoms with van der Waals surface area (Å²) in [7, 11) is 0. The number of alkyl halides is 1. The first kappa shape index (κ1) is 8.24. The zero-order chi connectivity index (χ0) is 8.60. The zero-order valence-electron chi connectivity index (χ0n) is 7.65. The van der Waals surface area contributed by atoms with Crippen LogP contribution in [0.5, 0.6) is 0 Å². The second-order valence-electron chi connectivity index (χ2n) is 4.20. The molecular formula is C10H16FN. The van der Waals surface area contributed by atoms with Gasteiger partial charge >= 0.3 is 0 Å². The molecule has 0 saturated heterocycles. The highest BCUT2D eigenvalue weighted by Crippen LogP contribution is 2.40. The van der Waals surface area contributed by atoms with Gasteiger partial charge in [-0.25, -0.2) is 4.39 Å². The van der Waals surface area contributed by atoms with E-state index in [0.29, 0.717) is 6.54 Å². The van der Waals surface area contributed by atoms with Crippen LogP contribution in [0.25, 0.3) is 0 Å². The van der Waals surface area contributed by atoms with E-state index in [9.17, 15) is 4.39 Å². The SMILES string of the molecule is CC1=CCCN(CC2(F)CC2)C1. The predicted molar refractivity (Wildman–Crippen MR) is 47.9 cm³/mol. The van der Waals surface area contributed by atoms with Crippen LogP contribution in [0.2, 0.25) is 0 Å². The van der Waals surface area contributed by atoms with Crippen molar-refractivity contribution < 1.29 is 4.39 Å². The van der Waals surface area contributed by atoms with Crippen molar-refractivity contribution in [2.24, 2.45) is 0 Å². The monoisotopic (exact) mass is 169 g/mol. The number of nitrogens with zero attached hydrogens (tertiary/aromatic N) is 1. The molecule has 0 atom stereocenters. The second kappa shape index (κ2) is 2.84. The average molecular weight is 169 g/mol. The number of rotatable bonds is 2. The van der Waals surface area contributed by atoms with Crippen LogP contribution in [-0.4, -0.2) is 30.2 Å². The fourth-order valence-electron chi connectivity index (χ4n) is 1.82. The summed E-state index contributed by atoms with van der Waals surface area (Å²) in [6.07, 6.45) is 4.93. The van der Waals surface area contributed by atoms with Gasteiger partial charge in [-0.2, -0.15) is 0 Å². The van der Waals surface area contributed by atoms with Gasteiger partial charge in [-0.15, -0.1) is 0 Å². The Morgan fingerprint density at radius 2 is 2.33 bits per heavy atom. The van der Waals surface area contributed by atoms with Crippen molar-refractivity contribution in [1.29, 1.82) is 0 Å². The topological polar surface area (TPSA) is 3.24 Å². The van der Waals surface area contributed by atoms with Crippen molar-refractivity contribution in [2.75, 3.05) is 19.6 Å². The van der Waals surface area contributed by atoms with Crippen LogP contribution in [0, 0.1) is 0 Å². The number of hydrogen-bond acceptors (Lipinski definition) is 1. The van der Waals surface area contributed by atoms with Gasteiger partial charge in [0, 0.05) is 19.6 Å². The van der Waals surface area contributed by atoms with E-state index in [1.54, 1.807) is 0 Å². The summed E-state index contributed by atoms with van der Waals surface area (Å²) in [5.74, 6) is 0. The van der Waals surface area contributed by atoms with Crippen molar-refractivity contribution in [2.45, 2.75) is 31.9 Å². The van der Waals surface area contributed by atoms with Gasteiger partial charge in [-0.3, -0.25) is 4.90 Å². The standard InChI is InChI=1S/C10H16FN/c1-9-3-2-6-12(7-9)8-10(11)4-5-10/h3H,2,4-8H2,1H3. The highest BCUT2D eigenvalue weighted by Gasteiger charge is 2.44. The van der Waals surface area contributed by atoms with Gasteiger partial charge in [0.2, 0.25) is 0 Å². The Morgan fingerprint density at radius 3 is 2.92 bits per heavy atom. The molecule has 12 heavy (non-hydrogen) atoms. The van der Waals surface area contributed by atoms with Gasteiger partial charge in [0.15, 0.2) is 0 Å². The molecule has 1 aliphatic heterocycles. The van der Waals surface area contributed by atoms with Crippen LogP contribution < -0.4 is 0 Å². The normalized spacial score (nSPS) is 28.3. The summed E-state index contributed by atoms with van der Waals surface area (Å²) in [5.41, 5.74) is 0.586. The fourth-order valence-corrected chi connectivity index (χ4v) is 1.82. The molecule has 0 spiro atoms. The fraction of sp³-hybridized carbons (Fsp3) is 0.800. The van der Waals surface area contributed by atoms with Gasteiger partial charge in [-0.1, -0.05) is 11.6 Å². The van der Waals surface area contributed by atoms with Crippen LogP contribution >= 0.6 is 0 Å². The summed E-state index contributed by atoms with van der Waals surface area (Å²) in [6, 6.07) is 0. The van der Waals surface area contributed by atoms with Gasteiger partial charge in [-0.05, 0) is 26.2 Å². The Labute approximate surface area is 73.2 Å². The zero-order valence-corrected chi connectivity index (χ0v) is 7.65. The third-order valence-electron chi connectivity index (χ3n) is 2.71. The minimum absolute atomic E-state index is 0.665. The van der Waals surface area contributed by atoms with Crippen LogP contribution in [0.4, 0.5) is 4.39 Å². The third kappa shape index (κ3) is 1.86. The van der Waals surface area contributed by atoms with Crippen molar-refractivity contribution in [1.82, 2.24) is 4.90 Å². The molecule has 1 aliphatic carbocycles. The molecule has 0 aromatic heterocycles. The van der Waals surface area contributed by atoms with E-state index in [4.69, 9.17) is 0 Å². The van der Waals surface area contributed by atoms with Crippen molar-refractivity contribution >= 4 is 0 Å². The Morgan fingerprint density at radius 1 is 1.58 bits per heavy atom. The first-order valence-corrected chi connectivity index (χ1v) is 4.75. The molecule has 0 N–H and O–H groups in total. The van der Waals surface area contributed by atoms with Gasteiger partial charge < -0.3 is 0 Å². The second-order valence-corrected chi connectivity index (χ2v) is 4.20. The van der Waals surface area contributed by atoms with E-state index in [2.05, 4.69) is 17.9 Å². The first-order valence-electron chi connectivity index (χ1n) is 4.75. The largest absolute Gasteiger partial charge is 0.296 e. The van der Waals surface area contributed by atoms with E-state index in [1.807, 2.05) is 0 Å². The lowest BCUT2D eigenvalue weighted by molar-refractivity contribution is 0.183. The Hall–Kier alpha value is -0.370. The smallest absolute Gasteiger partial charge is 0.123 e. The lowest BCUT2D eigenvalue weighted by Gasteiger charge is -2.27. The molecule has 0 amide bonds. The molecule has 0 unspecified atom stereocenters. The molecule has 1 fully saturated rings. The average Bonchev–Trinajstić information content (AvgIpc) is 2.67. The van der Waals surface area contributed by atoms with E-state index in [0.717, 1.165) is 32.4 Å². The molecule has 1 nitrogen and oxygen atoms in total. The molecular weight excluding hydrogens is 153 g/mol. The molecule has 2 rings (SSSR count). The van der Waals surface area contributed by atoms with Gasteiger partial charge in [0.05, 0.1) is 0 Å². The maximum atomic E-state index is 13.4. The maximum Gasteiger partial charge on any atom is 0.123 e.